The summed E-state index contributed by atoms with van der Waals surface area (Å²) in [5, 5.41) is 25.6. The third-order valence-corrected chi connectivity index (χ3v) is 10.6. The molecule has 14 heteroatoms. The maximum atomic E-state index is 14.4. The van der Waals surface area contributed by atoms with Crippen molar-refractivity contribution >= 4 is 52.5 Å². The van der Waals surface area contributed by atoms with Crippen molar-refractivity contribution in [1.82, 2.24) is 21.3 Å². The number of rotatable bonds is 8. The summed E-state index contributed by atoms with van der Waals surface area (Å²) in [5.41, 5.74) is 10.4. The van der Waals surface area contributed by atoms with E-state index >= 15 is 0 Å². The number of hydrogen-bond acceptors (Lipinski definition) is 8. The van der Waals surface area contributed by atoms with Gasteiger partial charge in [0.1, 0.15) is 24.2 Å². The Morgan fingerprint density at radius 1 is 0.586 bits per heavy atom. The highest BCUT2D eigenvalue weighted by Gasteiger charge is 2.33. The SMILES string of the molecule is N[C@@H]1CC(=O)Nc2ccc(cc2)C[C@@H](C(=O)O)NC(=O)[C@@H](Cc2ccccc2)NC(=O)[C@H](Cc2ccc(-c3ccccc3)cc2)NC(=O)[C@@H](Cc2cccs2)NC1=O. The molecule has 5 atom stereocenters. The molecule has 0 fully saturated rings. The molecule has 0 radical (unpaired) electrons. The van der Waals surface area contributed by atoms with Gasteiger partial charge in [-0.25, -0.2) is 4.79 Å². The maximum Gasteiger partial charge on any atom is 0.326 e. The number of aliphatic carboxylic acids is 1. The fourth-order valence-corrected chi connectivity index (χ4v) is 7.32. The van der Waals surface area contributed by atoms with Gasteiger partial charge in [-0.3, -0.25) is 24.0 Å². The second-order valence-corrected chi connectivity index (χ2v) is 15.1. The molecule has 0 aliphatic carbocycles. The van der Waals surface area contributed by atoms with E-state index in [1.807, 2.05) is 66.0 Å². The van der Waals surface area contributed by atoms with E-state index in [1.54, 1.807) is 60.7 Å². The zero-order valence-electron chi connectivity index (χ0n) is 31.4. The number of nitrogens with one attached hydrogen (secondary N) is 5. The van der Waals surface area contributed by atoms with Gasteiger partial charge in [0.05, 0.1) is 12.5 Å². The summed E-state index contributed by atoms with van der Waals surface area (Å²) in [6, 6.07) is 29.7. The zero-order valence-corrected chi connectivity index (χ0v) is 32.2. The topological polar surface area (TPSA) is 209 Å². The summed E-state index contributed by atoms with van der Waals surface area (Å²) in [6.07, 6.45) is -0.424. The van der Waals surface area contributed by atoms with Gasteiger partial charge in [0.2, 0.25) is 29.5 Å². The van der Waals surface area contributed by atoms with Gasteiger partial charge in [-0.05, 0) is 51.4 Å². The Morgan fingerprint density at radius 3 is 1.71 bits per heavy atom. The molecule has 0 saturated heterocycles. The number of carbonyl (C=O) groups excluding carboxylic acids is 5. The van der Waals surface area contributed by atoms with Gasteiger partial charge >= 0.3 is 5.97 Å². The Labute approximate surface area is 339 Å². The van der Waals surface area contributed by atoms with Crippen molar-refractivity contribution in [3.63, 3.8) is 0 Å². The predicted octanol–water partition coefficient (Wildman–Crippen LogP) is 3.38. The Balaban J connectivity index is 1.35. The van der Waals surface area contributed by atoms with E-state index in [1.165, 1.54) is 11.3 Å². The number of hydrogen-bond donors (Lipinski definition) is 7. The molecular weight excluding hydrogens is 757 g/mol. The molecule has 2 bridgehead atoms. The van der Waals surface area contributed by atoms with Crippen LogP contribution in [0.4, 0.5) is 5.69 Å². The van der Waals surface area contributed by atoms with Crippen LogP contribution in [-0.2, 0) is 54.5 Å². The monoisotopic (exact) mass is 800 g/mol. The first kappa shape index (κ1) is 41.0. The van der Waals surface area contributed by atoms with Gasteiger partial charge in [0, 0.05) is 36.2 Å². The van der Waals surface area contributed by atoms with Crippen LogP contribution in [0.25, 0.3) is 11.1 Å². The summed E-state index contributed by atoms with van der Waals surface area (Å²) in [4.78, 5) is 82.2. The molecule has 1 aromatic heterocycles. The Hall–Kier alpha value is -6.64. The first-order valence-corrected chi connectivity index (χ1v) is 19.7. The van der Waals surface area contributed by atoms with Gasteiger partial charge in [-0.2, -0.15) is 0 Å². The Bertz CT molecular complexity index is 2200. The lowest BCUT2D eigenvalue weighted by molar-refractivity contribution is -0.142. The number of anilines is 1. The lowest BCUT2D eigenvalue weighted by Gasteiger charge is -2.27. The molecule has 298 valence electrons. The molecule has 13 nitrogen and oxygen atoms in total. The summed E-state index contributed by atoms with van der Waals surface area (Å²) >= 11 is 1.37. The average molecular weight is 801 g/mol. The van der Waals surface area contributed by atoms with Gasteiger partial charge in [-0.1, -0.05) is 103 Å². The van der Waals surface area contributed by atoms with Crippen LogP contribution in [0.15, 0.2) is 127 Å². The van der Waals surface area contributed by atoms with Crippen molar-refractivity contribution in [2.75, 3.05) is 5.32 Å². The molecule has 8 N–H and O–H groups in total. The quantitative estimate of drug-likeness (QED) is 0.116. The first-order valence-electron chi connectivity index (χ1n) is 18.8. The normalized spacial score (nSPS) is 21.1. The largest absolute Gasteiger partial charge is 0.480 e. The second kappa shape index (κ2) is 19.5. The molecule has 4 aromatic carbocycles. The summed E-state index contributed by atoms with van der Waals surface area (Å²) < 4.78 is 0. The predicted molar refractivity (Wildman–Crippen MR) is 220 cm³/mol. The molecule has 3 heterocycles. The van der Waals surface area contributed by atoms with Crippen molar-refractivity contribution in [2.24, 2.45) is 5.73 Å². The standard InChI is InChI=1S/C44H44N6O7S/c45-34-26-39(51)46-32-19-15-29(16-20-32)24-38(44(56)57)50-42(54)35(22-27-8-3-1-4-9-27)48-41(53)36(23-28-13-17-31(18-14-28)30-10-5-2-6-11-30)49-43(55)37(47-40(34)52)25-33-12-7-21-58-33/h1-21,34-38H,22-26,45H2,(H,46,51)(H,47,52)(H,48,53)(H,49,55)(H,50,54)(H,56,57)/t34-,35-,36+,37-,38+/m1/s1. The molecule has 2 aliphatic rings. The third kappa shape index (κ3) is 11.5. The van der Waals surface area contributed by atoms with E-state index in [-0.39, 0.29) is 25.7 Å². The summed E-state index contributed by atoms with van der Waals surface area (Å²) in [6.45, 7) is 0. The molecule has 0 saturated carbocycles. The van der Waals surface area contributed by atoms with E-state index in [0.717, 1.165) is 16.0 Å². The van der Waals surface area contributed by atoms with Gasteiger partial charge < -0.3 is 37.4 Å². The fourth-order valence-electron chi connectivity index (χ4n) is 6.57. The van der Waals surface area contributed by atoms with Crippen molar-refractivity contribution in [3.8, 4) is 11.1 Å². The number of carboxylic acids is 1. The lowest BCUT2D eigenvalue weighted by atomic mass is 9.99. The van der Waals surface area contributed by atoms with E-state index in [9.17, 15) is 33.9 Å². The van der Waals surface area contributed by atoms with E-state index < -0.39 is 72.1 Å². The van der Waals surface area contributed by atoms with Crippen LogP contribution in [0.5, 0.6) is 0 Å². The van der Waals surface area contributed by atoms with Crippen LogP contribution < -0.4 is 32.3 Å². The van der Waals surface area contributed by atoms with Crippen LogP contribution in [-0.4, -0.2) is 70.8 Å². The van der Waals surface area contributed by atoms with Crippen molar-refractivity contribution in [2.45, 2.75) is 62.3 Å². The minimum Gasteiger partial charge on any atom is -0.480 e. The maximum absolute atomic E-state index is 14.4. The summed E-state index contributed by atoms with van der Waals surface area (Å²) in [5.74, 6) is -4.74. The molecule has 5 amide bonds. The minimum absolute atomic E-state index is 0.000748. The van der Waals surface area contributed by atoms with E-state index in [4.69, 9.17) is 5.73 Å². The molecular formula is C44H44N6O7S. The van der Waals surface area contributed by atoms with Gasteiger partial charge in [-0.15, -0.1) is 11.3 Å². The molecule has 5 aromatic rings. The number of fused-ring (bicyclic) bond motifs is 18. The zero-order chi connectivity index (χ0) is 41.0. The highest BCUT2D eigenvalue weighted by atomic mass is 32.1. The molecule has 7 rings (SSSR count). The van der Waals surface area contributed by atoms with Gasteiger partial charge in [0.15, 0.2) is 0 Å². The second-order valence-electron chi connectivity index (χ2n) is 14.1. The Kier molecular flexibility index (Phi) is 13.8. The highest BCUT2D eigenvalue weighted by Crippen LogP contribution is 2.21. The third-order valence-electron chi connectivity index (χ3n) is 9.70. The highest BCUT2D eigenvalue weighted by molar-refractivity contribution is 7.09. The van der Waals surface area contributed by atoms with Crippen molar-refractivity contribution < 1.29 is 33.9 Å². The van der Waals surface area contributed by atoms with Crippen molar-refractivity contribution in [1.29, 1.82) is 0 Å². The number of carboxylic acid groups (broad SMARTS) is 1. The molecule has 0 spiro atoms. The van der Waals surface area contributed by atoms with E-state index in [2.05, 4.69) is 26.6 Å². The van der Waals surface area contributed by atoms with E-state index in [0.29, 0.717) is 22.4 Å². The Morgan fingerprint density at radius 2 is 1.12 bits per heavy atom. The number of carbonyl (C=O) groups is 6. The molecule has 0 unspecified atom stereocenters. The number of amides is 5. The summed E-state index contributed by atoms with van der Waals surface area (Å²) in [7, 11) is 0. The molecule has 2 aliphatic heterocycles. The van der Waals surface area contributed by atoms with Crippen LogP contribution >= 0.6 is 11.3 Å². The lowest BCUT2D eigenvalue weighted by Crippen LogP contribution is -2.59. The van der Waals surface area contributed by atoms with Crippen LogP contribution in [0.2, 0.25) is 0 Å². The fraction of sp³-hybridized carbons (Fsp3) is 0.227. The van der Waals surface area contributed by atoms with Crippen LogP contribution in [0, 0.1) is 0 Å². The first-order chi connectivity index (χ1) is 28.0. The smallest absolute Gasteiger partial charge is 0.326 e. The molecule has 58 heavy (non-hydrogen) atoms. The number of thiophene rings is 1. The average Bonchev–Trinajstić information content (AvgIpc) is 3.74. The van der Waals surface area contributed by atoms with Crippen LogP contribution in [0.3, 0.4) is 0 Å². The van der Waals surface area contributed by atoms with Gasteiger partial charge in [0.25, 0.3) is 0 Å². The number of nitrogens with two attached hydrogens (primary N) is 1. The van der Waals surface area contributed by atoms with Crippen molar-refractivity contribution in [3.05, 3.63) is 148 Å². The number of benzene rings is 4. The minimum atomic E-state index is -1.37. The van der Waals surface area contributed by atoms with Crippen LogP contribution in [0.1, 0.15) is 28.0 Å².